The first kappa shape index (κ1) is 35.1. The molecule has 0 aromatic heterocycles. The molecular formula is C36H53ClO4. The molecule has 2 fully saturated rings. The summed E-state index contributed by atoms with van der Waals surface area (Å²) in [7, 11) is 0. The average molecular weight is 585 g/mol. The molecule has 0 aliphatic heterocycles. The van der Waals surface area contributed by atoms with Gasteiger partial charge in [0.15, 0.2) is 33.4 Å². The van der Waals surface area contributed by atoms with Crippen LogP contribution in [0.2, 0.25) is 0 Å². The van der Waals surface area contributed by atoms with Crippen molar-refractivity contribution in [3.05, 3.63) is 46.6 Å². The van der Waals surface area contributed by atoms with Gasteiger partial charge in [0, 0.05) is 5.92 Å². The third kappa shape index (κ3) is 6.05. The molecule has 228 valence electrons. The summed E-state index contributed by atoms with van der Waals surface area (Å²) in [6.07, 6.45) is 10.5. The van der Waals surface area contributed by atoms with E-state index in [1.54, 1.807) is 13.0 Å². The first-order valence-corrected chi connectivity index (χ1v) is 15.7. The second kappa shape index (κ2) is 13.1. The molecular weight excluding hydrogens is 532 g/mol. The fourth-order valence-electron chi connectivity index (χ4n) is 7.01. The number of alkyl halides is 1. The number of hydrogen-bond donors (Lipinski definition) is 0. The highest BCUT2D eigenvalue weighted by molar-refractivity contribution is 6.56. The van der Waals surface area contributed by atoms with Gasteiger partial charge >= 0.3 is 0 Å². The number of rotatable bonds is 12. The van der Waals surface area contributed by atoms with Gasteiger partial charge in [-0.1, -0.05) is 67.4 Å². The third-order valence-electron chi connectivity index (χ3n) is 9.73. The van der Waals surface area contributed by atoms with Crippen molar-refractivity contribution in [1.29, 1.82) is 0 Å². The number of ketones is 4. The summed E-state index contributed by atoms with van der Waals surface area (Å²) in [5.41, 5.74) is -0.415. The zero-order chi connectivity index (χ0) is 31.6. The highest BCUT2D eigenvalue weighted by atomic mass is 35.5. The number of hydrogen-bond acceptors (Lipinski definition) is 4. The number of Topliss-reactive ketones (excluding diaryl/α,β-unsaturated/α-hetero) is 4. The van der Waals surface area contributed by atoms with E-state index in [9.17, 15) is 9.59 Å². The normalized spacial score (nSPS) is 31.7. The minimum atomic E-state index is -2.00. The Morgan fingerprint density at radius 2 is 1.34 bits per heavy atom. The van der Waals surface area contributed by atoms with Gasteiger partial charge in [0.25, 0.3) is 0 Å². The van der Waals surface area contributed by atoms with Crippen LogP contribution < -0.4 is 0 Å². The van der Waals surface area contributed by atoms with Crippen LogP contribution in [0, 0.1) is 28.1 Å². The van der Waals surface area contributed by atoms with Crippen molar-refractivity contribution >= 4 is 34.7 Å². The summed E-state index contributed by atoms with van der Waals surface area (Å²) < 4.78 is 0. The van der Waals surface area contributed by atoms with E-state index in [4.69, 9.17) is 11.6 Å². The van der Waals surface area contributed by atoms with Gasteiger partial charge < -0.3 is 0 Å². The van der Waals surface area contributed by atoms with Crippen LogP contribution in [0.5, 0.6) is 0 Å². The van der Waals surface area contributed by atoms with Crippen molar-refractivity contribution < 1.29 is 19.2 Å². The Bertz CT molecular complexity index is 1180. The van der Waals surface area contributed by atoms with Crippen LogP contribution in [-0.2, 0) is 19.2 Å². The Morgan fingerprint density at radius 1 is 0.829 bits per heavy atom. The molecule has 2 aliphatic rings. The largest absolute Gasteiger partial charge is 0.298 e. The van der Waals surface area contributed by atoms with E-state index < -0.39 is 44.4 Å². The molecule has 0 radical (unpaired) electrons. The lowest BCUT2D eigenvalue weighted by Crippen LogP contribution is -2.78. The molecule has 0 saturated heterocycles. The van der Waals surface area contributed by atoms with Gasteiger partial charge in [0.2, 0.25) is 0 Å². The number of allylic oxidation sites excluding steroid dienone is 8. The molecule has 2 bridgehead atoms. The van der Waals surface area contributed by atoms with Crippen molar-refractivity contribution in [3.63, 3.8) is 0 Å². The first-order valence-electron chi connectivity index (χ1n) is 15.3. The Kier molecular flexibility index (Phi) is 11.2. The number of carbonyl (C=O) groups excluding carboxylic acids is 4. The van der Waals surface area contributed by atoms with Gasteiger partial charge in [0.1, 0.15) is 0 Å². The maximum Gasteiger partial charge on any atom is 0.183 e. The number of carbonyl (C=O) groups is 4. The summed E-state index contributed by atoms with van der Waals surface area (Å²) in [6, 6.07) is 0. The van der Waals surface area contributed by atoms with Crippen LogP contribution in [0.4, 0.5) is 0 Å². The molecule has 0 heterocycles. The molecule has 2 rings (SSSR count). The summed E-state index contributed by atoms with van der Waals surface area (Å²) in [6.45, 7) is 21.4. The average Bonchev–Trinajstić information content (AvgIpc) is 2.88. The summed E-state index contributed by atoms with van der Waals surface area (Å²) >= 11 is 7.27. The fourth-order valence-corrected chi connectivity index (χ4v) is 7.41. The quantitative estimate of drug-likeness (QED) is 0.130. The van der Waals surface area contributed by atoms with Gasteiger partial charge in [-0.2, -0.15) is 0 Å². The van der Waals surface area contributed by atoms with Gasteiger partial charge in [-0.3, -0.25) is 19.2 Å². The smallest absolute Gasteiger partial charge is 0.183 e. The van der Waals surface area contributed by atoms with Crippen LogP contribution >= 0.6 is 11.6 Å². The zero-order valence-electron chi connectivity index (χ0n) is 27.4. The highest BCUT2D eigenvalue weighted by Crippen LogP contribution is 2.68. The first-order chi connectivity index (χ1) is 18.9. The summed E-state index contributed by atoms with van der Waals surface area (Å²) in [4.78, 5) is 57.7. The predicted octanol–water partition coefficient (Wildman–Crippen LogP) is 9.11. The Labute approximate surface area is 254 Å². The van der Waals surface area contributed by atoms with Crippen LogP contribution in [-0.4, -0.2) is 28.0 Å². The molecule has 2 saturated carbocycles. The standard InChI is InChI=1S/C36H53ClO4/c1-12-27(10)29(38)36-31(40)34(20-17-25(6)7,30(39)35(37,32(36)41)21-18-26(8)9)22-28(16-15-24(4)5)33(36,11)19-13-14-23(2)3/h14-15,17-18,27-28H,12-13,16,19-22H2,1-11H3/t27?,28-,33+,34+,35?,36+/m0/s1. The second-order valence-electron chi connectivity index (χ2n) is 13.9. The molecule has 5 heteroatoms. The Balaban J connectivity index is 3.14. The monoisotopic (exact) mass is 584 g/mol. The van der Waals surface area contributed by atoms with E-state index >= 15 is 9.59 Å². The maximum atomic E-state index is 15.2. The van der Waals surface area contributed by atoms with Crippen molar-refractivity contribution in [2.75, 3.05) is 0 Å². The fraction of sp³-hybridized carbons (Fsp3) is 0.667. The Morgan fingerprint density at radius 3 is 1.83 bits per heavy atom. The van der Waals surface area contributed by atoms with E-state index in [0.29, 0.717) is 25.7 Å². The molecule has 0 N–H and O–H groups in total. The lowest BCUT2D eigenvalue weighted by Gasteiger charge is -2.63. The van der Waals surface area contributed by atoms with E-state index in [-0.39, 0.29) is 31.0 Å². The van der Waals surface area contributed by atoms with Crippen LogP contribution in [0.15, 0.2) is 46.6 Å². The molecule has 2 unspecified atom stereocenters. The third-order valence-corrected chi connectivity index (χ3v) is 10.2. The minimum absolute atomic E-state index is 0.0311. The summed E-state index contributed by atoms with van der Waals surface area (Å²) in [5.74, 6) is -2.88. The van der Waals surface area contributed by atoms with Crippen molar-refractivity contribution in [1.82, 2.24) is 0 Å². The minimum Gasteiger partial charge on any atom is -0.298 e. The van der Waals surface area contributed by atoms with Crippen molar-refractivity contribution in [2.24, 2.45) is 28.1 Å². The van der Waals surface area contributed by atoms with Gasteiger partial charge in [0.05, 0.1) is 5.41 Å². The van der Waals surface area contributed by atoms with Gasteiger partial charge in [-0.25, -0.2) is 0 Å². The molecule has 0 amide bonds. The molecule has 0 spiro atoms. The predicted molar refractivity (Wildman–Crippen MR) is 170 cm³/mol. The van der Waals surface area contributed by atoms with Crippen molar-refractivity contribution in [2.45, 2.75) is 126 Å². The lowest BCUT2D eigenvalue weighted by molar-refractivity contribution is -0.189. The van der Waals surface area contributed by atoms with Crippen LogP contribution in [0.25, 0.3) is 0 Å². The van der Waals surface area contributed by atoms with Crippen LogP contribution in [0.3, 0.4) is 0 Å². The Hall–Kier alpha value is -2.07. The second-order valence-corrected chi connectivity index (χ2v) is 14.6. The van der Waals surface area contributed by atoms with E-state index in [0.717, 1.165) is 22.3 Å². The highest BCUT2D eigenvalue weighted by Gasteiger charge is 2.81. The zero-order valence-corrected chi connectivity index (χ0v) is 28.2. The van der Waals surface area contributed by atoms with Crippen molar-refractivity contribution in [3.8, 4) is 0 Å². The van der Waals surface area contributed by atoms with E-state index in [1.807, 2.05) is 75.3 Å². The van der Waals surface area contributed by atoms with E-state index in [1.165, 1.54) is 0 Å². The SMILES string of the molecule is CCC(C)C(=O)[C@@]12C(=O)C(Cl)(CC=C(C)C)C(=O)[C@@](CC=C(C)C)(C[C@H](CC=C(C)C)[C@@]1(C)CCC=C(C)C)C2=O. The number of halogens is 1. The summed E-state index contributed by atoms with van der Waals surface area (Å²) in [5, 5.41) is 0. The lowest BCUT2D eigenvalue weighted by atomic mass is 9.35. The van der Waals surface area contributed by atoms with E-state index in [2.05, 4.69) is 12.2 Å². The topological polar surface area (TPSA) is 68.3 Å². The molecule has 4 nitrogen and oxygen atoms in total. The van der Waals surface area contributed by atoms with Gasteiger partial charge in [-0.05, 0) is 112 Å². The maximum absolute atomic E-state index is 15.2. The molecule has 2 aliphatic carbocycles. The molecule has 0 aromatic rings. The molecule has 6 atom stereocenters. The number of fused-ring (bicyclic) bond motifs is 2. The van der Waals surface area contributed by atoms with Crippen LogP contribution in [0.1, 0.15) is 121 Å². The molecule has 41 heavy (non-hydrogen) atoms. The van der Waals surface area contributed by atoms with Gasteiger partial charge in [-0.15, -0.1) is 11.6 Å². The molecule has 0 aromatic carbocycles.